The Morgan fingerprint density at radius 3 is 2.57 bits per heavy atom. The molecule has 6 heteroatoms. The summed E-state index contributed by atoms with van der Waals surface area (Å²) in [6, 6.07) is 14.8. The molecule has 23 heavy (non-hydrogen) atoms. The maximum absolute atomic E-state index is 5.55. The molecule has 2 N–H and O–H groups in total. The van der Waals surface area contributed by atoms with Crippen LogP contribution >= 0.6 is 39.5 Å². The lowest BCUT2D eigenvalue weighted by molar-refractivity contribution is -0.917. The SMILES string of the molecule is S=C(NCc1ccccc1)N1CC[NH+](Cc2ccc(Br)s2)CC1. The maximum atomic E-state index is 5.55. The molecule has 1 aromatic carbocycles. The summed E-state index contributed by atoms with van der Waals surface area (Å²) in [7, 11) is 0. The van der Waals surface area contributed by atoms with Crippen molar-refractivity contribution in [2.75, 3.05) is 26.2 Å². The van der Waals surface area contributed by atoms with Crippen molar-refractivity contribution in [3.8, 4) is 0 Å². The van der Waals surface area contributed by atoms with Crippen LogP contribution in [0.4, 0.5) is 0 Å². The lowest BCUT2D eigenvalue weighted by atomic mass is 10.2. The molecular weight excluding hydrogens is 390 g/mol. The summed E-state index contributed by atoms with van der Waals surface area (Å²) in [6.07, 6.45) is 0. The number of nitrogens with zero attached hydrogens (tertiary/aromatic N) is 1. The van der Waals surface area contributed by atoms with Crippen LogP contribution in [0.25, 0.3) is 0 Å². The van der Waals surface area contributed by atoms with Crippen LogP contribution < -0.4 is 10.2 Å². The van der Waals surface area contributed by atoms with Crippen LogP contribution in [0.15, 0.2) is 46.3 Å². The van der Waals surface area contributed by atoms with Crippen LogP contribution in [0.3, 0.4) is 0 Å². The molecule has 0 unspecified atom stereocenters. The molecule has 3 nitrogen and oxygen atoms in total. The highest BCUT2D eigenvalue weighted by atomic mass is 79.9. The summed E-state index contributed by atoms with van der Waals surface area (Å²) in [4.78, 5) is 5.39. The molecule has 0 spiro atoms. The first-order chi connectivity index (χ1) is 11.2. The maximum Gasteiger partial charge on any atom is 0.169 e. The van der Waals surface area contributed by atoms with Crippen molar-refractivity contribution < 1.29 is 4.90 Å². The standard InChI is InChI=1S/C17H20BrN3S2/c18-16-7-6-15(23-16)13-20-8-10-21(11-9-20)17(22)19-12-14-4-2-1-3-5-14/h1-7H,8-13H2,(H,19,22)/p+1. The van der Waals surface area contributed by atoms with E-state index in [4.69, 9.17) is 12.2 Å². The lowest BCUT2D eigenvalue weighted by Crippen LogP contribution is -3.13. The number of piperazine rings is 1. The molecule has 0 amide bonds. The number of thiophene rings is 1. The summed E-state index contributed by atoms with van der Waals surface area (Å²) in [6.45, 7) is 6.26. The molecule has 2 heterocycles. The highest BCUT2D eigenvalue weighted by Crippen LogP contribution is 2.21. The number of thiocarbonyl (C=S) groups is 1. The van der Waals surface area contributed by atoms with Crippen molar-refractivity contribution in [2.24, 2.45) is 0 Å². The van der Waals surface area contributed by atoms with E-state index in [-0.39, 0.29) is 0 Å². The minimum Gasteiger partial charge on any atom is -0.358 e. The van der Waals surface area contributed by atoms with E-state index in [2.05, 4.69) is 62.5 Å². The average molecular weight is 411 g/mol. The largest absolute Gasteiger partial charge is 0.358 e. The van der Waals surface area contributed by atoms with E-state index in [9.17, 15) is 0 Å². The molecule has 3 rings (SSSR count). The Morgan fingerprint density at radius 1 is 1.17 bits per heavy atom. The Morgan fingerprint density at radius 2 is 1.91 bits per heavy atom. The predicted octanol–water partition coefficient (Wildman–Crippen LogP) is 2.29. The molecule has 122 valence electrons. The third-order valence-corrected chi connectivity index (χ3v) is 6.12. The molecule has 1 aromatic heterocycles. The number of nitrogens with one attached hydrogen (secondary N) is 2. The van der Waals surface area contributed by atoms with Gasteiger partial charge in [-0.2, -0.15) is 0 Å². The molecular formula is C17H21BrN3S2+. The van der Waals surface area contributed by atoms with Gasteiger partial charge in [-0.1, -0.05) is 30.3 Å². The zero-order chi connectivity index (χ0) is 16.1. The minimum atomic E-state index is 0.802. The molecule has 1 aliphatic heterocycles. The fraction of sp³-hybridized carbons (Fsp3) is 0.353. The van der Waals surface area contributed by atoms with Crippen LogP contribution in [-0.4, -0.2) is 36.2 Å². The number of hydrogen-bond acceptors (Lipinski definition) is 2. The van der Waals surface area contributed by atoms with Gasteiger partial charge in [0, 0.05) is 6.54 Å². The van der Waals surface area contributed by atoms with Crippen molar-refractivity contribution >= 4 is 44.6 Å². The van der Waals surface area contributed by atoms with Crippen LogP contribution in [0.1, 0.15) is 10.4 Å². The molecule has 0 atom stereocenters. The van der Waals surface area contributed by atoms with Gasteiger partial charge < -0.3 is 15.1 Å². The molecule has 2 aromatic rings. The Bertz CT molecular complexity index is 636. The Hall–Kier alpha value is -0.950. The minimum absolute atomic E-state index is 0.802. The van der Waals surface area contributed by atoms with Crippen molar-refractivity contribution in [1.29, 1.82) is 0 Å². The quantitative estimate of drug-likeness (QED) is 0.754. The Kier molecular flexibility index (Phi) is 6.05. The van der Waals surface area contributed by atoms with Crippen LogP contribution in [0.5, 0.6) is 0 Å². The number of quaternary nitrogens is 1. The van der Waals surface area contributed by atoms with Gasteiger partial charge in [0.05, 0.1) is 34.8 Å². The summed E-state index contributed by atoms with van der Waals surface area (Å²) in [5, 5.41) is 4.26. The van der Waals surface area contributed by atoms with E-state index in [1.807, 2.05) is 17.4 Å². The number of benzene rings is 1. The first-order valence-electron chi connectivity index (χ1n) is 7.85. The lowest BCUT2D eigenvalue weighted by Gasteiger charge is -2.33. The first kappa shape index (κ1) is 16.9. The van der Waals surface area contributed by atoms with Crippen molar-refractivity contribution in [1.82, 2.24) is 10.2 Å². The smallest absolute Gasteiger partial charge is 0.169 e. The first-order valence-corrected chi connectivity index (χ1v) is 9.87. The second kappa shape index (κ2) is 8.24. The number of rotatable bonds is 4. The normalized spacial score (nSPS) is 15.6. The van der Waals surface area contributed by atoms with Gasteiger partial charge in [-0.15, -0.1) is 11.3 Å². The van der Waals surface area contributed by atoms with E-state index in [1.165, 1.54) is 14.2 Å². The number of halogens is 1. The topological polar surface area (TPSA) is 19.7 Å². The van der Waals surface area contributed by atoms with E-state index >= 15 is 0 Å². The summed E-state index contributed by atoms with van der Waals surface area (Å²) < 4.78 is 1.22. The van der Waals surface area contributed by atoms with Gasteiger partial charge >= 0.3 is 0 Å². The van der Waals surface area contributed by atoms with Gasteiger partial charge in [-0.3, -0.25) is 0 Å². The second-order valence-corrected chi connectivity index (χ2v) is 8.70. The van der Waals surface area contributed by atoms with Crippen molar-refractivity contribution in [3.05, 3.63) is 56.7 Å². The van der Waals surface area contributed by atoms with Crippen LogP contribution in [-0.2, 0) is 13.1 Å². The van der Waals surface area contributed by atoms with E-state index in [0.717, 1.165) is 44.4 Å². The molecule has 0 radical (unpaired) electrons. The van der Waals surface area contributed by atoms with Crippen molar-refractivity contribution in [2.45, 2.75) is 13.1 Å². The molecule has 1 aliphatic rings. The third-order valence-electron chi connectivity index (χ3n) is 4.10. The van der Waals surface area contributed by atoms with Gasteiger partial charge in [0.2, 0.25) is 0 Å². The molecule has 0 bridgehead atoms. The van der Waals surface area contributed by atoms with E-state index < -0.39 is 0 Å². The van der Waals surface area contributed by atoms with Gasteiger partial charge in [-0.05, 0) is 45.8 Å². The number of hydrogen-bond donors (Lipinski definition) is 2. The third kappa shape index (κ3) is 5.01. The fourth-order valence-corrected chi connectivity index (χ4v) is 4.59. The second-order valence-electron chi connectivity index (χ2n) is 5.76. The van der Waals surface area contributed by atoms with Gasteiger partial charge in [0.1, 0.15) is 6.54 Å². The zero-order valence-electron chi connectivity index (χ0n) is 12.9. The Labute approximate surface area is 155 Å². The van der Waals surface area contributed by atoms with E-state index in [1.54, 1.807) is 4.90 Å². The monoisotopic (exact) mass is 410 g/mol. The fourth-order valence-electron chi connectivity index (χ4n) is 2.78. The predicted molar refractivity (Wildman–Crippen MR) is 104 cm³/mol. The van der Waals surface area contributed by atoms with Crippen molar-refractivity contribution in [3.63, 3.8) is 0 Å². The summed E-state index contributed by atoms with van der Waals surface area (Å²) >= 11 is 10.9. The molecule has 1 saturated heterocycles. The highest BCUT2D eigenvalue weighted by Gasteiger charge is 2.22. The average Bonchev–Trinajstić information content (AvgIpc) is 2.99. The summed E-state index contributed by atoms with van der Waals surface area (Å²) in [5.74, 6) is 0. The van der Waals surface area contributed by atoms with Gasteiger partial charge in [0.25, 0.3) is 0 Å². The Balaban J connectivity index is 1.42. The summed E-state index contributed by atoms with van der Waals surface area (Å²) in [5.41, 5.74) is 1.27. The van der Waals surface area contributed by atoms with Gasteiger partial charge in [0.15, 0.2) is 5.11 Å². The highest BCUT2D eigenvalue weighted by molar-refractivity contribution is 9.11. The molecule has 0 aliphatic carbocycles. The van der Waals surface area contributed by atoms with Crippen LogP contribution in [0.2, 0.25) is 0 Å². The van der Waals surface area contributed by atoms with Gasteiger partial charge in [-0.25, -0.2) is 0 Å². The zero-order valence-corrected chi connectivity index (χ0v) is 16.1. The van der Waals surface area contributed by atoms with Crippen LogP contribution in [0, 0.1) is 0 Å². The van der Waals surface area contributed by atoms with E-state index in [0.29, 0.717) is 0 Å². The molecule has 0 saturated carbocycles. The molecule has 1 fully saturated rings.